The Bertz CT molecular complexity index is 907. The molecule has 1 aliphatic rings. The maximum atomic E-state index is 12.6. The Morgan fingerprint density at radius 1 is 1.14 bits per heavy atom. The third kappa shape index (κ3) is 4.16. The lowest BCUT2D eigenvalue weighted by Crippen LogP contribution is -2.43. The van der Waals surface area contributed by atoms with Crippen LogP contribution in [0.3, 0.4) is 0 Å². The van der Waals surface area contributed by atoms with Gasteiger partial charge >= 0.3 is 0 Å². The molecule has 1 saturated heterocycles. The van der Waals surface area contributed by atoms with Crippen LogP contribution >= 0.6 is 0 Å². The molecule has 1 atom stereocenters. The molecule has 3 heterocycles. The first-order chi connectivity index (χ1) is 13.7. The number of anilines is 1. The van der Waals surface area contributed by atoms with Crippen LogP contribution in [0.2, 0.25) is 0 Å². The topological polar surface area (TPSA) is 88.8 Å². The summed E-state index contributed by atoms with van der Waals surface area (Å²) in [6.07, 6.45) is 4.88. The highest BCUT2D eigenvalue weighted by Gasteiger charge is 2.26. The second kappa shape index (κ2) is 8.16. The molecule has 8 nitrogen and oxygen atoms in total. The lowest BCUT2D eigenvalue weighted by Gasteiger charge is -2.32. The van der Waals surface area contributed by atoms with Gasteiger partial charge in [0.1, 0.15) is 12.7 Å². The average molecular weight is 377 g/mol. The van der Waals surface area contributed by atoms with Crippen LogP contribution in [0.15, 0.2) is 49.1 Å². The van der Waals surface area contributed by atoms with Gasteiger partial charge in [0.15, 0.2) is 11.6 Å². The number of rotatable bonds is 5. The van der Waals surface area contributed by atoms with E-state index in [2.05, 4.69) is 61.7 Å². The van der Waals surface area contributed by atoms with Crippen LogP contribution in [0.25, 0.3) is 5.82 Å². The quantitative estimate of drug-likeness (QED) is 0.731. The third-order valence-corrected chi connectivity index (χ3v) is 4.99. The molecule has 1 aliphatic heterocycles. The molecule has 0 bridgehead atoms. The molecule has 1 fully saturated rings. The number of aromatic nitrogens is 5. The molecule has 2 aromatic heterocycles. The summed E-state index contributed by atoms with van der Waals surface area (Å²) in [6.45, 7) is 4.14. The summed E-state index contributed by atoms with van der Waals surface area (Å²) in [5.74, 6) is 1.44. The Morgan fingerprint density at radius 3 is 2.64 bits per heavy atom. The van der Waals surface area contributed by atoms with Gasteiger partial charge in [-0.05, 0) is 37.5 Å². The Labute approximate surface area is 163 Å². The minimum atomic E-state index is -0.0454. The van der Waals surface area contributed by atoms with Crippen molar-refractivity contribution >= 4 is 11.7 Å². The summed E-state index contributed by atoms with van der Waals surface area (Å²) in [5.41, 5.74) is 2.33. The number of aryl methyl sites for hydroxylation is 1. The monoisotopic (exact) mass is 377 g/mol. The summed E-state index contributed by atoms with van der Waals surface area (Å²) in [6, 6.07) is 12.0. The zero-order valence-electron chi connectivity index (χ0n) is 15.8. The summed E-state index contributed by atoms with van der Waals surface area (Å²) in [7, 11) is 0. The van der Waals surface area contributed by atoms with Crippen LogP contribution in [0, 0.1) is 12.8 Å². The Kier molecular flexibility index (Phi) is 5.27. The van der Waals surface area contributed by atoms with Gasteiger partial charge in [-0.3, -0.25) is 4.79 Å². The minimum Gasteiger partial charge on any atom is -0.354 e. The molecule has 1 unspecified atom stereocenters. The van der Waals surface area contributed by atoms with Crippen LogP contribution in [-0.2, 0) is 11.3 Å². The minimum absolute atomic E-state index is 0.0454. The summed E-state index contributed by atoms with van der Waals surface area (Å²) in [5, 5.41) is 15.6. The van der Waals surface area contributed by atoms with Crippen LogP contribution in [0.1, 0.15) is 24.0 Å². The predicted molar refractivity (Wildman–Crippen MR) is 105 cm³/mol. The van der Waals surface area contributed by atoms with Gasteiger partial charge < -0.3 is 10.2 Å². The van der Waals surface area contributed by atoms with E-state index in [9.17, 15) is 4.79 Å². The maximum Gasteiger partial charge on any atom is 0.225 e. The summed E-state index contributed by atoms with van der Waals surface area (Å²) in [4.78, 5) is 18.7. The van der Waals surface area contributed by atoms with Crippen molar-refractivity contribution in [3.63, 3.8) is 0 Å². The Morgan fingerprint density at radius 2 is 1.93 bits per heavy atom. The molecule has 3 aromatic rings. The number of nitrogens with one attached hydrogen (secondary N) is 1. The normalized spacial score (nSPS) is 16.8. The van der Waals surface area contributed by atoms with Gasteiger partial charge in [-0.25, -0.2) is 9.67 Å². The number of hydrogen-bond donors (Lipinski definition) is 1. The number of nitrogens with zero attached hydrogens (tertiary/aromatic N) is 6. The molecule has 0 saturated carbocycles. The molecule has 144 valence electrons. The lowest BCUT2D eigenvalue weighted by atomic mass is 9.97. The first-order valence-electron chi connectivity index (χ1n) is 9.46. The van der Waals surface area contributed by atoms with Gasteiger partial charge in [0.25, 0.3) is 0 Å². The maximum absolute atomic E-state index is 12.6. The van der Waals surface area contributed by atoms with Gasteiger partial charge in [-0.15, -0.1) is 10.2 Å². The molecule has 4 rings (SSSR count). The molecule has 28 heavy (non-hydrogen) atoms. The zero-order valence-corrected chi connectivity index (χ0v) is 15.8. The predicted octanol–water partition coefficient (Wildman–Crippen LogP) is 1.90. The summed E-state index contributed by atoms with van der Waals surface area (Å²) >= 11 is 0. The van der Waals surface area contributed by atoms with E-state index in [4.69, 9.17) is 0 Å². The number of carbonyl (C=O) groups is 1. The van der Waals surface area contributed by atoms with Crippen molar-refractivity contribution in [3.8, 4) is 5.82 Å². The van der Waals surface area contributed by atoms with Gasteiger partial charge in [-0.1, -0.05) is 29.8 Å². The highest BCUT2D eigenvalue weighted by Crippen LogP contribution is 2.22. The molecule has 1 amide bonds. The van der Waals surface area contributed by atoms with E-state index in [1.165, 1.54) is 11.9 Å². The van der Waals surface area contributed by atoms with Crippen molar-refractivity contribution in [2.75, 3.05) is 18.0 Å². The van der Waals surface area contributed by atoms with E-state index in [1.807, 2.05) is 12.1 Å². The molecule has 8 heteroatoms. The molecule has 1 aromatic carbocycles. The Balaban J connectivity index is 1.35. The van der Waals surface area contributed by atoms with Crippen molar-refractivity contribution in [1.82, 2.24) is 30.3 Å². The second-order valence-electron chi connectivity index (χ2n) is 7.08. The number of piperidine rings is 1. The van der Waals surface area contributed by atoms with E-state index in [0.29, 0.717) is 18.9 Å². The number of amides is 1. The van der Waals surface area contributed by atoms with E-state index in [0.717, 1.165) is 30.8 Å². The van der Waals surface area contributed by atoms with Crippen molar-refractivity contribution in [2.45, 2.75) is 26.3 Å². The second-order valence-corrected chi connectivity index (χ2v) is 7.08. The van der Waals surface area contributed by atoms with Crippen LogP contribution in [-0.4, -0.2) is 44.0 Å². The first-order valence-corrected chi connectivity index (χ1v) is 9.46. The van der Waals surface area contributed by atoms with E-state index in [-0.39, 0.29) is 11.8 Å². The molecular formula is C20H23N7O. The highest BCUT2D eigenvalue weighted by molar-refractivity contribution is 5.79. The Hall–Kier alpha value is -3.29. The van der Waals surface area contributed by atoms with Gasteiger partial charge in [0.05, 0.1) is 5.92 Å². The molecule has 1 N–H and O–H groups in total. The van der Waals surface area contributed by atoms with Gasteiger partial charge in [-0.2, -0.15) is 5.10 Å². The van der Waals surface area contributed by atoms with Gasteiger partial charge in [0.2, 0.25) is 5.91 Å². The zero-order chi connectivity index (χ0) is 19.3. The number of benzene rings is 1. The highest BCUT2D eigenvalue weighted by atomic mass is 16.1. The molecule has 0 aliphatic carbocycles. The standard InChI is InChI=1S/C20H23N7O/c1-15-4-6-16(7-5-15)11-22-20(28)17-3-2-10-26(12-17)18-8-9-19(25-24-18)27-14-21-13-23-27/h4-9,13-14,17H,2-3,10-12H2,1H3,(H,22,28). The SMILES string of the molecule is Cc1ccc(CNC(=O)C2CCCN(c3ccc(-n4cncn4)nn3)C2)cc1. The molecule has 0 radical (unpaired) electrons. The molecule has 0 spiro atoms. The van der Waals surface area contributed by atoms with E-state index in [1.54, 1.807) is 11.0 Å². The van der Waals surface area contributed by atoms with Crippen LogP contribution in [0.5, 0.6) is 0 Å². The summed E-state index contributed by atoms with van der Waals surface area (Å²) < 4.78 is 1.56. The fourth-order valence-electron chi connectivity index (χ4n) is 3.37. The first kappa shape index (κ1) is 18.1. The number of hydrogen-bond acceptors (Lipinski definition) is 6. The van der Waals surface area contributed by atoms with Crippen molar-refractivity contribution < 1.29 is 4.79 Å². The number of carbonyl (C=O) groups excluding carboxylic acids is 1. The van der Waals surface area contributed by atoms with Gasteiger partial charge in [0, 0.05) is 19.6 Å². The van der Waals surface area contributed by atoms with Crippen molar-refractivity contribution in [1.29, 1.82) is 0 Å². The van der Waals surface area contributed by atoms with Crippen LogP contribution in [0.4, 0.5) is 5.82 Å². The largest absolute Gasteiger partial charge is 0.354 e. The van der Waals surface area contributed by atoms with Crippen molar-refractivity contribution in [3.05, 3.63) is 60.2 Å². The third-order valence-electron chi connectivity index (χ3n) is 4.99. The van der Waals surface area contributed by atoms with E-state index >= 15 is 0 Å². The van der Waals surface area contributed by atoms with E-state index < -0.39 is 0 Å². The molecular weight excluding hydrogens is 354 g/mol. The lowest BCUT2D eigenvalue weighted by molar-refractivity contribution is -0.125. The average Bonchev–Trinajstić information content (AvgIpc) is 3.28. The van der Waals surface area contributed by atoms with Crippen molar-refractivity contribution in [2.24, 2.45) is 5.92 Å². The smallest absolute Gasteiger partial charge is 0.225 e. The fraction of sp³-hybridized carbons (Fsp3) is 0.350. The fourth-order valence-corrected chi connectivity index (χ4v) is 3.37. The van der Waals surface area contributed by atoms with Crippen LogP contribution < -0.4 is 10.2 Å².